The molecule has 17 heavy (non-hydrogen) atoms. The fraction of sp³-hybridized carbons (Fsp3) is 0.214. The molecule has 0 saturated carbocycles. The molecule has 0 N–H and O–H groups in total. The molecular formula is C14H12O3. The van der Waals surface area contributed by atoms with Gasteiger partial charge in [-0.2, -0.15) is 0 Å². The predicted molar refractivity (Wildman–Crippen MR) is 64.6 cm³/mol. The molecule has 3 heteroatoms. The van der Waals surface area contributed by atoms with Crippen LogP contribution < -0.4 is 4.74 Å². The number of carbonyl (C=O) groups is 1. The fourth-order valence-corrected chi connectivity index (χ4v) is 1.89. The van der Waals surface area contributed by atoms with Crippen LogP contribution >= 0.6 is 0 Å². The van der Waals surface area contributed by atoms with Gasteiger partial charge in [-0.3, -0.25) is 4.79 Å². The summed E-state index contributed by atoms with van der Waals surface area (Å²) in [6.45, 7) is 0.555. The van der Waals surface area contributed by atoms with Crippen molar-refractivity contribution in [1.82, 2.24) is 0 Å². The van der Waals surface area contributed by atoms with Crippen LogP contribution in [0.1, 0.15) is 10.4 Å². The molecule has 0 radical (unpaired) electrons. The predicted octanol–water partition coefficient (Wildman–Crippen LogP) is 2.43. The molecule has 1 unspecified atom stereocenters. The van der Waals surface area contributed by atoms with Gasteiger partial charge in [0.25, 0.3) is 0 Å². The number of hydrogen-bond acceptors (Lipinski definition) is 3. The molecule has 2 aromatic carbocycles. The van der Waals surface area contributed by atoms with Gasteiger partial charge in [-0.05, 0) is 29.0 Å². The summed E-state index contributed by atoms with van der Waals surface area (Å²) in [7, 11) is 1.64. The van der Waals surface area contributed by atoms with Gasteiger partial charge in [0.2, 0.25) is 0 Å². The molecule has 1 fully saturated rings. The van der Waals surface area contributed by atoms with Crippen LogP contribution in [0.15, 0.2) is 36.4 Å². The van der Waals surface area contributed by atoms with Crippen molar-refractivity contribution in [2.24, 2.45) is 0 Å². The van der Waals surface area contributed by atoms with Crippen LogP contribution in [0.5, 0.6) is 5.75 Å². The topological polar surface area (TPSA) is 38.8 Å². The molecular weight excluding hydrogens is 216 g/mol. The number of benzene rings is 2. The number of hydrogen-bond donors (Lipinski definition) is 0. The lowest BCUT2D eigenvalue weighted by Gasteiger charge is -2.04. The zero-order valence-electron chi connectivity index (χ0n) is 9.47. The minimum Gasteiger partial charge on any atom is -0.497 e. The second-order valence-electron chi connectivity index (χ2n) is 4.11. The Bertz CT molecular complexity index is 585. The Labute approximate surface area is 99.0 Å². The molecule has 1 atom stereocenters. The number of Topliss-reactive ketones (excluding diaryl/α,β-unsaturated/α-hetero) is 1. The molecule has 86 valence electrons. The van der Waals surface area contributed by atoms with Gasteiger partial charge >= 0.3 is 0 Å². The Morgan fingerprint density at radius 2 is 1.94 bits per heavy atom. The highest BCUT2D eigenvalue weighted by atomic mass is 16.6. The molecule has 0 aliphatic carbocycles. The monoisotopic (exact) mass is 228 g/mol. The first kappa shape index (κ1) is 10.3. The van der Waals surface area contributed by atoms with E-state index < -0.39 is 0 Å². The molecule has 0 aromatic heterocycles. The van der Waals surface area contributed by atoms with E-state index >= 15 is 0 Å². The molecule has 0 spiro atoms. The number of fused-ring (bicyclic) bond motifs is 1. The summed E-state index contributed by atoms with van der Waals surface area (Å²) in [4.78, 5) is 11.8. The number of rotatable bonds is 3. The molecule has 3 rings (SSSR count). The normalized spacial score (nSPS) is 18.1. The van der Waals surface area contributed by atoms with E-state index in [1.165, 1.54) is 0 Å². The highest BCUT2D eigenvalue weighted by molar-refractivity contribution is 6.03. The Morgan fingerprint density at radius 3 is 2.65 bits per heavy atom. The summed E-state index contributed by atoms with van der Waals surface area (Å²) in [5.74, 6) is 0.893. The first-order valence-corrected chi connectivity index (χ1v) is 5.51. The molecule has 2 aromatic rings. The maximum absolute atomic E-state index is 11.8. The van der Waals surface area contributed by atoms with Gasteiger partial charge < -0.3 is 9.47 Å². The minimum atomic E-state index is -0.217. The Morgan fingerprint density at radius 1 is 1.24 bits per heavy atom. The fourth-order valence-electron chi connectivity index (χ4n) is 1.89. The van der Waals surface area contributed by atoms with E-state index in [1.54, 1.807) is 7.11 Å². The minimum absolute atomic E-state index is 0.0720. The number of epoxide rings is 1. The summed E-state index contributed by atoms with van der Waals surface area (Å²) < 4.78 is 10.2. The third-order valence-electron chi connectivity index (χ3n) is 2.96. The highest BCUT2D eigenvalue weighted by Gasteiger charge is 2.31. The van der Waals surface area contributed by atoms with E-state index in [-0.39, 0.29) is 11.9 Å². The van der Waals surface area contributed by atoms with Gasteiger partial charge in [0.1, 0.15) is 11.9 Å². The number of ether oxygens (including phenoxy) is 2. The van der Waals surface area contributed by atoms with Crippen molar-refractivity contribution < 1.29 is 14.3 Å². The van der Waals surface area contributed by atoms with Crippen molar-refractivity contribution in [1.29, 1.82) is 0 Å². The second kappa shape index (κ2) is 3.86. The van der Waals surface area contributed by atoms with E-state index in [1.807, 2.05) is 36.4 Å². The van der Waals surface area contributed by atoms with E-state index in [4.69, 9.17) is 9.47 Å². The van der Waals surface area contributed by atoms with E-state index in [2.05, 4.69) is 0 Å². The smallest absolute Gasteiger partial charge is 0.193 e. The summed E-state index contributed by atoms with van der Waals surface area (Å²) in [6.07, 6.45) is -0.217. The van der Waals surface area contributed by atoms with Crippen LogP contribution in [0, 0.1) is 0 Å². The van der Waals surface area contributed by atoms with Gasteiger partial charge in [-0.15, -0.1) is 0 Å². The maximum Gasteiger partial charge on any atom is 0.193 e. The lowest BCUT2D eigenvalue weighted by Crippen LogP contribution is -2.06. The van der Waals surface area contributed by atoms with Gasteiger partial charge in [0.15, 0.2) is 5.78 Å². The number of methoxy groups -OCH3 is 1. The molecule has 1 aliphatic heterocycles. The first-order valence-electron chi connectivity index (χ1n) is 5.51. The van der Waals surface area contributed by atoms with Gasteiger partial charge in [-0.25, -0.2) is 0 Å². The number of ketones is 1. The zero-order chi connectivity index (χ0) is 11.8. The van der Waals surface area contributed by atoms with Crippen LogP contribution in [-0.2, 0) is 4.74 Å². The van der Waals surface area contributed by atoms with E-state index in [0.29, 0.717) is 12.2 Å². The summed E-state index contributed by atoms with van der Waals surface area (Å²) in [6, 6.07) is 11.5. The number of carbonyl (C=O) groups excluding carboxylic acids is 1. The van der Waals surface area contributed by atoms with Crippen molar-refractivity contribution in [3.05, 3.63) is 42.0 Å². The Kier molecular flexibility index (Phi) is 2.34. The van der Waals surface area contributed by atoms with Crippen LogP contribution in [-0.4, -0.2) is 25.6 Å². The van der Waals surface area contributed by atoms with Crippen molar-refractivity contribution >= 4 is 16.6 Å². The largest absolute Gasteiger partial charge is 0.497 e. The third kappa shape index (κ3) is 1.89. The molecule has 0 bridgehead atoms. The van der Waals surface area contributed by atoms with Crippen molar-refractivity contribution in [2.45, 2.75) is 6.10 Å². The van der Waals surface area contributed by atoms with Gasteiger partial charge in [0.05, 0.1) is 13.7 Å². The van der Waals surface area contributed by atoms with E-state index in [0.717, 1.165) is 16.5 Å². The Balaban J connectivity index is 2.03. The SMILES string of the molecule is COc1ccc2cc(C(=O)C3CO3)ccc2c1. The van der Waals surface area contributed by atoms with Crippen LogP contribution in [0.2, 0.25) is 0 Å². The summed E-state index contributed by atoms with van der Waals surface area (Å²) >= 11 is 0. The molecule has 1 heterocycles. The third-order valence-corrected chi connectivity index (χ3v) is 2.96. The summed E-state index contributed by atoms with van der Waals surface area (Å²) in [5.41, 5.74) is 0.713. The second-order valence-corrected chi connectivity index (χ2v) is 4.11. The molecule has 1 aliphatic rings. The van der Waals surface area contributed by atoms with Gasteiger partial charge in [-0.1, -0.05) is 18.2 Å². The molecule has 0 amide bonds. The van der Waals surface area contributed by atoms with Crippen LogP contribution in [0.3, 0.4) is 0 Å². The van der Waals surface area contributed by atoms with Crippen molar-refractivity contribution in [2.75, 3.05) is 13.7 Å². The quantitative estimate of drug-likeness (QED) is 0.598. The maximum atomic E-state index is 11.8. The zero-order valence-corrected chi connectivity index (χ0v) is 9.47. The molecule has 3 nitrogen and oxygen atoms in total. The average Bonchev–Trinajstić information content (AvgIpc) is 3.21. The van der Waals surface area contributed by atoms with E-state index in [9.17, 15) is 4.79 Å². The Hall–Kier alpha value is -1.87. The summed E-state index contributed by atoms with van der Waals surface area (Å²) in [5, 5.41) is 2.11. The van der Waals surface area contributed by atoms with Crippen molar-refractivity contribution in [3.63, 3.8) is 0 Å². The molecule has 1 saturated heterocycles. The van der Waals surface area contributed by atoms with Crippen LogP contribution in [0.4, 0.5) is 0 Å². The highest BCUT2D eigenvalue weighted by Crippen LogP contribution is 2.24. The lowest BCUT2D eigenvalue weighted by atomic mass is 10.0. The lowest BCUT2D eigenvalue weighted by molar-refractivity contribution is 0.0954. The first-order chi connectivity index (χ1) is 8.28. The van der Waals surface area contributed by atoms with Crippen LogP contribution in [0.25, 0.3) is 10.8 Å². The average molecular weight is 228 g/mol. The standard InChI is InChI=1S/C14H12O3/c1-16-12-5-4-9-6-11(3-2-10(9)7-12)14(15)13-8-17-13/h2-7,13H,8H2,1H3. The van der Waals surface area contributed by atoms with Crippen molar-refractivity contribution in [3.8, 4) is 5.75 Å². The van der Waals surface area contributed by atoms with Gasteiger partial charge in [0, 0.05) is 5.56 Å².